The molecule has 0 saturated carbocycles. The predicted octanol–water partition coefficient (Wildman–Crippen LogP) is 1.32. The summed E-state index contributed by atoms with van der Waals surface area (Å²) in [5.74, 6) is 1.81. The molecule has 2 N–H and O–H groups in total. The smallest absolute Gasteiger partial charge is 0.191 e. The molecule has 0 bridgehead atoms. The summed E-state index contributed by atoms with van der Waals surface area (Å²) in [6, 6.07) is 0. The number of aromatic nitrogens is 4. The fraction of sp³-hybridized carbons (Fsp3) is 0.600. The zero-order chi connectivity index (χ0) is 16.7. The first-order valence-electron chi connectivity index (χ1n) is 7.88. The van der Waals surface area contributed by atoms with Crippen LogP contribution < -0.4 is 10.6 Å². The van der Waals surface area contributed by atoms with E-state index in [4.69, 9.17) is 0 Å². The molecular weight excluding hydrogens is 310 g/mol. The number of nitrogens with zero attached hydrogens (tertiary/aromatic N) is 5. The lowest BCUT2D eigenvalue weighted by Gasteiger charge is -2.12. The summed E-state index contributed by atoms with van der Waals surface area (Å²) < 4.78 is 2.06. The first-order chi connectivity index (χ1) is 11.1. The van der Waals surface area contributed by atoms with Crippen molar-refractivity contribution >= 4 is 17.3 Å². The molecule has 0 aliphatic rings. The highest BCUT2D eigenvalue weighted by Crippen LogP contribution is 2.16. The zero-order valence-electron chi connectivity index (χ0n) is 14.3. The van der Waals surface area contributed by atoms with E-state index in [1.165, 1.54) is 9.88 Å². The number of guanidine groups is 1. The van der Waals surface area contributed by atoms with Crippen molar-refractivity contribution < 1.29 is 0 Å². The summed E-state index contributed by atoms with van der Waals surface area (Å²) in [5, 5.41) is 15.8. The van der Waals surface area contributed by atoms with Gasteiger partial charge in [-0.05, 0) is 13.8 Å². The molecule has 0 fully saturated rings. The number of thiazole rings is 1. The van der Waals surface area contributed by atoms with E-state index in [1.54, 1.807) is 24.7 Å². The maximum atomic E-state index is 4.55. The number of hydrogen-bond donors (Lipinski definition) is 2. The van der Waals surface area contributed by atoms with E-state index >= 15 is 0 Å². The van der Waals surface area contributed by atoms with Crippen molar-refractivity contribution in [1.29, 1.82) is 0 Å². The molecule has 0 aliphatic carbocycles. The Balaban J connectivity index is 1.71. The quantitative estimate of drug-likeness (QED) is 0.589. The van der Waals surface area contributed by atoms with Crippen LogP contribution in [-0.4, -0.2) is 45.8 Å². The fourth-order valence-corrected chi connectivity index (χ4v) is 3.12. The average Bonchev–Trinajstić information content (AvgIpc) is 3.12. The summed E-state index contributed by atoms with van der Waals surface area (Å²) in [5.41, 5.74) is 1.13. The van der Waals surface area contributed by atoms with E-state index in [9.17, 15) is 0 Å². The van der Waals surface area contributed by atoms with Gasteiger partial charge in [0.15, 0.2) is 5.96 Å². The van der Waals surface area contributed by atoms with Crippen LogP contribution in [0.2, 0.25) is 0 Å². The van der Waals surface area contributed by atoms with Crippen LogP contribution in [0.25, 0.3) is 0 Å². The Morgan fingerprint density at radius 1 is 1.30 bits per heavy atom. The highest BCUT2D eigenvalue weighted by molar-refractivity contribution is 7.11. The van der Waals surface area contributed by atoms with Gasteiger partial charge < -0.3 is 15.2 Å². The van der Waals surface area contributed by atoms with Crippen LogP contribution in [0.4, 0.5) is 0 Å². The maximum Gasteiger partial charge on any atom is 0.191 e. The molecule has 0 atom stereocenters. The lowest BCUT2D eigenvalue weighted by atomic mass is 10.4. The van der Waals surface area contributed by atoms with Crippen LogP contribution in [0.1, 0.15) is 28.3 Å². The molecule has 0 amide bonds. The van der Waals surface area contributed by atoms with Crippen molar-refractivity contribution in [3.8, 4) is 0 Å². The lowest BCUT2D eigenvalue weighted by Crippen LogP contribution is -2.39. The minimum Gasteiger partial charge on any atom is -0.356 e. The van der Waals surface area contributed by atoms with Crippen molar-refractivity contribution in [1.82, 2.24) is 30.4 Å². The van der Waals surface area contributed by atoms with E-state index in [0.29, 0.717) is 0 Å². The third-order valence-corrected chi connectivity index (χ3v) is 4.72. The van der Waals surface area contributed by atoms with Gasteiger partial charge in [0.25, 0.3) is 0 Å². The van der Waals surface area contributed by atoms with E-state index < -0.39 is 0 Å². The second kappa shape index (κ2) is 8.61. The van der Waals surface area contributed by atoms with Gasteiger partial charge in [0.2, 0.25) is 0 Å². The molecule has 0 saturated heterocycles. The molecule has 23 heavy (non-hydrogen) atoms. The monoisotopic (exact) mass is 335 g/mol. The standard InChI is InChI=1S/C15H25N7S/c1-5-13-21-19-10-22(13)9-8-18-15(16-4)17-7-6-14-20-11(2)12(3)23-14/h10H,5-9H2,1-4H3,(H2,16,17,18). The van der Waals surface area contributed by atoms with E-state index in [1.807, 2.05) is 0 Å². The van der Waals surface area contributed by atoms with Crippen LogP contribution in [0, 0.1) is 13.8 Å². The van der Waals surface area contributed by atoms with Gasteiger partial charge in [-0.3, -0.25) is 4.99 Å². The molecule has 0 aromatic carbocycles. The number of hydrogen-bond acceptors (Lipinski definition) is 5. The number of rotatable bonds is 7. The molecule has 0 unspecified atom stereocenters. The summed E-state index contributed by atoms with van der Waals surface area (Å²) in [6.07, 6.45) is 3.56. The molecule has 2 aromatic heterocycles. The first-order valence-corrected chi connectivity index (χ1v) is 8.69. The second-order valence-corrected chi connectivity index (χ2v) is 6.51. The van der Waals surface area contributed by atoms with Crippen molar-refractivity contribution in [2.24, 2.45) is 4.99 Å². The maximum absolute atomic E-state index is 4.55. The molecule has 0 aliphatic heterocycles. The Labute approximate surface area is 141 Å². The molecular formula is C15H25N7S. The predicted molar refractivity (Wildman–Crippen MR) is 94.1 cm³/mol. The van der Waals surface area contributed by atoms with Crippen LogP contribution in [-0.2, 0) is 19.4 Å². The summed E-state index contributed by atoms with van der Waals surface area (Å²) in [7, 11) is 1.78. The second-order valence-electron chi connectivity index (χ2n) is 5.22. The van der Waals surface area contributed by atoms with Crippen molar-refractivity contribution in [2.75, 3.05) is 20.1 Å². The van der Waals surface area contributed by atoms with Gasteiger partial charge in [-0.1, -0.05) is 6.92 Å². The van der Waals surface area contributed by atoms with Gasteiger partial charge in [-0.25, -0.2) is 4.98 Å². The third kappa shape index (κ3) is 5.02. The molecule has 7 nitrogen and oxygen atoms in total. The van der Waals surface area contributed by atoms with Crippen molar-refractivity contribution in [3.63, 3.8) is 0 Å². The Bertz CT molecular complexity index is 625. The summed E-state index contributed by atoms with van der Waals surface area (Å²) >= 11 is 1.77. The Morgan fingerprint density at radius 2 is 2.09 bits per heavy atom. The average molecular weight is 335 g/mol. The topological polar surface area (TPSA) is 80.0 Å². The molecule has 2 heterocycles. The van der Waals surface area contributed by atoms with Gasteiger partial charge in [0, 0.05) is 44.4 Å². The summed E-state index contributed by atoms with van der Waals surface area (Å²) in [4.78, 5) is 10.1. The van der Waals surface area contributed by atoms with Gasteiger partial charge in [-0.15, -0.1) is 21.5 Å². The first kappa shape index (κ1) is 17.4. The number of nitrogens with one attached hydrogen (secondary N) is 2. The van der Waals surface area contributed by atoms with Crippen molar-refractivity contribution in [3.05, 3.63) is 27.7 Å². The van der Waals surface area contributed by atoms with Crippen molar-refractivity contribution in [2.45, 2.75) is 40.2 Å². The van der Waals surface area contributed by atoms with Gasteiger partial charge in [-0.2, -0.15) is 0 Å². The summed E-state index contributed by atoms with van der Waals surface area (Å²) in [6.45, 7) is 8.66. The SMILES string of the molecule is CCc1nncn1CCNC(=NC)NCCc1nc(C)c(C)s1. The zero-order valence-corrected chi connectivity index (χ0v) is 15.1. The Morgan fingerprint density at radius 3 is 2.74 bits per heavy atom. The largest absolute Gasteiger partial charge is 0.356 e. The van der Waals surface area contributed by atoms with Gasteiger partial charge in [0.05, 0.1) is 10.7 Å². The fourth-order valence-electron chi connectivity index (χ4n) is 2.19. The molecule has 2 rings (SSSR count). The minimum absolute atomic E-state index is 0.778. The molecule has 0 radical (unpaired) electrons. The van der Waals surface area contributed by atoms with E-state index in [-0.39, 0.29) is 0 Å². The highest BCUT2D eigenvalue weighted by atomic mass is 32.1. The Hall–Kier alpha value is -1.96. The Kier molecular flexibility index (Phi) is 6.52. The lowest BCUT2D eigenvalue weighted by molar-refractivity contribution is 0.632. The van der Waals surface area contributed by atoms with E-state index in [0.717, 1.165) is 50.0 Å². The van der Waals surface area contributed by atoms with Gasteiger partial charge in [0.1, 0.15) is 12.2 Å². The number of aryl methyl sites for hydroxylation is 3. The minimum atomic E-state index is 0.778. The number of aliphatic imine (C=N–C) groups is 1. The molecule has 2 aromatic rings. The normalized spacial score (nSPS) is 11.7. The van der Waals surface area contributed by atoms with Crippen LogP contribution in [0.3, 0.4) is 0 Å². The van der Waals surface area contributed by atoms with Gasteiger partial charge >= 0.3 is 0 Å². The molecule has 126 valence electrons. The highest BCUT2D eigenvalue weighted by Gasteiger charge is 2.05. The van der Waals surface area contributed by atoms with E-state index in [2.05, 4.69) is 56.1 Å². The van der Waals surface area contributed by atoms with Crippen LogP contribution >= 0.6 is 11.3 Å². The van der Waals surface area contributed by atoms with Crippen LogP contribution in [0.5, 0.6) is 0 Å². The van der Waals surface area contributed by atoms with Crippen LogP contribution in [0.15, 0.2) is 11.3 Å². The molecule has 8 heteroatoms. The third-order valence-electron chi connectivity index (χ3n) is 3.58. The molecule has 0 spiro atoms.